The summed E-state index contributed by atoms with van der Waals surface area (Å²) in [7, 11) is 0. The number of ether oxygens (including phenoxy) is 1. The monoisotopic (exact) mass is 488 g/mol. The fraction of sp³-hybridized carbons (Fsp3) is 0.280. The highest BCUT2D eigenvalue weighted by atomic mass is 35.5. The van der Waals surface area contributed by atoms with Crippen LogP contribution in [-0.4, -0.2) is 33.6 Å². The minimum atomic E-state index is -0.748. The van der Waals surface area contributed by atoms with E-state index in [4.69, 9.17) is 21.4 Å². The van der Waals surface area contributed by atoms with E-state index in [2.05, 4.69) is 0 Å². The highest BCUT2D eigenvalue weighted by Crippen LogP contribution is 2.27. The van der Waals surface area contributed by atoms with E-state index >= 15 is 0 Å². The molecule has 9 heteroatoms. The van der Waals surface area contributed by atoms with Crippen molar-refractivity contribution in [2.24, 2.45) is 0 Å². The molecular weight excluding hydrogens is 466 g/mol. The van der Waals surface area contributed by atoms with E-state index < -0.39 is 17.2 Å². The van der Waals surface area contributed by atoms with Gasteiger partial charge in [0.1, 0.15) is 29.0 Å². The molecule has 2 heterocycles. The Kier molecular flexibility index (Phi) is 7.00. The van der Waals surface area contributed by atoms with E-state index in [0.29, 0.717) is 30.9 Å². The average Bonchev–Trinajstić information content (AvgIpc) is 2.81. The van der Waals surface area contributed by atoms with Gasteiger partial charge in [0.2, 0.25) is 5.91 Å². The van der Waals surface area contributed by atoms with Crippen molar-refractivity contribution in [2.75, 3.05) is 13.2 Å². The largest absolute Gasteiger partial charge is 0.487 e. The van der Waals surface area contributed by atoms with Crippen LogP contribution in [0.4, 0.5) is 8.78 Å². The Balaban J connectivity index is 1.61. The molecule has 2 aromatic carbocycles. The average molecular weight is 489 g/mol. The summed E-state index contributed by atoms with van der Waals surface area (Å²) in [6, 6.07) is 10.4. The summed E-state index contributed by atoms with van der Waals surface area (Å²) >= 11 is 6.31. The minimum absolute atomic E-state index is 0.0759. The number of pyridine rings is 1. The highest BCUT2D eigenvalue weighted by molar-refractivity contribution is 6.31. The number of carbonyl (C=O) groups excluding carboxylic acids is 1. The Bertz CT molecular complexity index is 1310. The number of fused-ring (bicyclic) bond motifs is 1. The van der Waals surface area contributed by atoms with E-state index in [-0.39, 0.29) is 41.9 Å². The third-order valence-corrected chi connectivity index (χ3v) is 6.18. The zero-order valence-electron chi connectivity index (χ0n) is 18.5. The smallest absolute Gasteiger partial charge is 0.277 e. The van der Waals surface area contributed by atoms with Crippen LogP contribution in [-0.2, 0) is 24.4 Å². The van der Waals surface area contributed by atoms with Crippen molar-refractivity contribution in [1.82, 2.24) is 9.47 Å². The fourth-order valence-electron chi connectivity index (χ4n) is 4.05. The molecule has 1 N–H and O–H groups in total. The first-order valence-corrected chi connectivity index (χ1v) is 11.2. The fourth-order valence-corrected chi connectivity index (χ4v) is 4.24. The molecule has 1 aliphatic rings. The summed E-state index contributed by atoms with van der Waals surface area (Å²) in [4.78, 5) is 27.0. The summed E-state index contributed by atoms with van der Waals surface area (Å²) in [6.07, 6.45) is 0.765. The van der Waals surface area contributed by atoms with Crippen LogP contribution in [0.15, 0.2) is 47.3 Å². The lowest BCUT2D eigenvalue weighted by molar-refractivity contribution is -0.132. The van der Waals surface area contributed by atoms with Gasteiger partial charge in [-0.2, -0.15) is 0 Å². The standard InChI is InChI=1S/C25H23ClF2N2O4/c1-15-10-22(34-14-17-2-4-19(27)12-21(17)28)24(26)25(33)30(15)20-5-3-16-6-8-29(13-18(16)11-20)23(32)7-9-31/h2-5,10-12,31H,6-9,13-14H2,1H3. The molecule has 178 valence electrons. The maximum absolute atomic E-state index is 13.9. The first kappa shape index (κ1) is 23.9. The molecular formula is C25H23ClF2N2O4. The predicted molar refractivity (Wildman–Crippen MR) is 123 cm³/mol. The summed E-state index contributed by atoms with van der Waals surface area (Å²) in [5.74, 6) is -1.46. The molecule has 0 fully saturated rings. The van der Waals surface area contributed by atoms with E-state index in [9.17, 15) is 18.4 Å². The van der Waals surface area contributed by atoms with Gasteiger partial charge in [-0.3, -0.25) is 14.2 Å². The Hall–Kier alpha value is -3.23. The molecule has 1 amide bonds. The Morgan fingerprint density at radius 2 is 1.94 bits per heavy atom. The molecule has 34 heavy (non-hydrogen) atoms. The zero-order chi connectivity index (χ0) is 24.4. The Labute approximate surface area is 200 Å². The molecule has 0 unspecified atom stereocenters. The molecule has 6 nitrogen and oxygen atoms in total. The molecule has 0 spiro atoms. The number of nitrogens with zero attached hydrogens (tertiary/aromatic N) is 2. The van der Waals surface area contributed by atoms with Crippen LogP contribution < -0.4 is 10.3 Å². The molecule has 0 bridgehead atoms. The van der Waals surface area contributed by atoms with Crippen LogP contribution in [0.5, 0.6) is 5.75 Å². The quantitative estimate of drug-likeness (QED) is 0.571. The van der Waals surface area contributed by atoms with Gasteiger partial charge >= 0.3 is 0 Å². The van der Waals surface area contributed by atoms with Crippen LogP contribution in [0.1, 0.15) is 28.8 Å². The first-order valence-electron chi connectivity index (χ1n) is 10.8. The number of benzene rings is 2. The topological polar surface area (TPSA) is 71.8 Å². The third-order valence-electron chi connectivity index (χ3n) is 5.84. The number of amides is 1. The maximum Gasteiger partial charge on any atom is 0.277 e. The van der Waals surface area contributed by atoms with Crippen molar-refractivity contribution in [3.8, 4) is 11.4 Å². The van der Waals surface area contributed by atoms with Crippen molar-refractivity contribution < 1.29 is 23.4 Å². The lowest BCUT2D eigenvalue weighted by atomic mass is 9.98. The van der Waals surface area contributed by atoms with E-state index in [0.717, 1.165) is 23.3 Å². The minimum Gasteiger partial charge on any atom is -0.487 e. The molecule has 1 aliphatic heterocycles. The van der Waals surface area contributed by atoms with Crippen LogP contribution in [0.3, 0.4) is 0 Å². The molecule has 1 aromatic heterocycles. The predicted octanol–water partition coefficient (Wildman–Crippen LogP) is 3.92. The second-order valence-electron chi connectivity index (χ2n) is 8.12. The number of aromatic nitrogens is 1. The molecule has 0 aliphatic carbocycles. The van der Waals surface area contributed by atoms with E-state index in [1.807, 2.05) is 18.2 Å². The molecule has 0 atom stereocenters. The van der Waals surface area contributed by atoms with Crippen LogP contribution in [0, 0.1) is 18.6 Å². The van der Waals surface area contributed by atoms with Crippen molar-refractivity contribution >= 4 is 17.5 Å². The lowest BCUT2D eigenvalue weighted by Crippen LogP contribution is -2.36. The van der Waals surface area contributed by atoms with Crippen LogP contribution in [0.25, 0.3) is 5.69 Å². The number of aliphatic hydroxyl groups is 1. The summed E-state index contributed by atoms with van der Waals surface area (Å²) in [5.41, 5.74) is 2.79. The first-order chi connectivity index (χ1) is 16.3. The van der Waals surface area contributed by atoms with Crippen molar-refractivity contribution in [1.29, 1.82) is 0 Å². The van der Waals surface area contributed by atoms with Crippen LogP contribution >= 0.6 is 11.6 Å². The normalized spacial score (nSPS) is 13.0. The van der Waals surface area contributed by atoms with Crippen molar-refractivity contribution in [3.05, 3.63) is 91.9 Å². The third kappa shape index (κ3) is 4.83. The van der Waals surface area contributed by atoms with Gasteiger partial charge in [-0.1, -0.05) is 17.7 Å². The molecule has 3 aromatic rings. The van der Waals surface area contributed by atoms with Gasteiger partial charge in [-0.05, 0) is 48.7 Å². The van der Waals surface area contributed by atoms with Crippen molar-refractivity contribution in [3.63, 3.8) is 0 Å². The molecule has 0 radical (unpaired) electrons. The number of carbonyl (C=O) groups is 1. The molecule has 0 saturated carbocycles. The van der Waals surface area contributed by atoms with Gasteiger partial charge in [-0.25, -0.2) is 8.78 Å². The number of hydrogen-bond acceptors (Lipinski definition) is 4. The SMILES string of the molecule is Cc1cc(OCc2ccc(F)cc2F)c(Cl)c(=O)n1-c1ccc2c(c1)CN(C(=O)CCO)CC2. The van der Waals surface area contributed by atoms with Gasteiger partial charge < -0.3 is 14.7 Å². The number of rotatable bonds is 6. The number of hydrogen-bond donors (Lipinski definition) is 1. The Morgan fingerprint density at radius 1 is 1.15 bits per heavy atom. The summed E-state index contributed by atoms with van der Waals surface area (Å²) < 4.78 is 34.0. The van der Waals surface area contributed by atoms with Crippen molar-refractivity contribution in [2.45, 2.75) is 32.9 Å². The van der Waals surface area contributed by atoms with E-state index in [1.165, 1.54) is 10.6 Å². The second kappa shape index (κ2) is 9.95. The second-order valence-corrected chi connectivity index (χ2v) is 8.50. The van der Waals surface area contributed by atoms with Gasteiger partial charge in [-0.15, -0.1) is 0 Å². The maximum atomic E-state index is 13.9. The summed E-state index contributed by atoms with van der Waals surface area (Å²) in [5, 5.41) is 8.89. The highest BCUT2D eigenvalue weighted by Gasteiger charge is 2.22. The molecule has 4 rings (SSSR count). The van der Waals surface area contributed by atoms with Gasteiger partial charge in [0.05, 0.1) is 6.61 Å². The Morgan fingerprint density at radius 3 is 2.68 bits per heavy atom. The molecule has 0 saturated heterocycles. The van der Waals surface area contributed by atoms with Gasteiger partial charge in [0, 0.05) is 48.6 Å². The lowest BCUT2D eigenvalue weighted by Gasteiger charge is -2.29. The van der Waals surface area contributed by atoms with E-state index in [1.54, 1.807) is 17.9 Å². The number of aliphatic hydroxyl groups excluding tert-OH is 1. The van der Waals surface area contributed by atoms with Crippen LogP contribution in [0.2, 0.25) is 5.02 Å². The summed E-state index contributed by atoms with van der Waals surface area (Å²) in [6.45, 7) is 2.28. The number of halogens is 3. The van der Waals surface area contributed by atoms with Gasteiger partial charge in [0.25, 0.3) is 5.56 Å². The number of aryl methyl sites for hydroxylation is 1. The van der Waals surface area contributed by atoms with Gasteiger partial charge in [0.15, 0.2) is 0 Å². The zero-order valence-corrected chi connectivity index (χ0v) is 19.2.